The van der Waals surface area contributed by atoms with Crippen LogP contribution in [0.5, 0.6) is 0 Å². The number of carboxylic acids is 1. The zero-order chi connectivity index (χ0) is 15.4. The topological polar surface area (TPSA) is 78.4 Å². The number of urea groups is 1. The first-order chi connectivity index (χ1) is 9.17. The maximum absolute atomic E-state index is 12.6. The van der Waals surface area contributed by atoms with Crippen molar-refractivity contribution < 1.29 is 27.9 Å². The van der Waals surface area contributed by atoms with Crippen molar-refractivity contribution in [1.82, 2.24) is 10.6 Å². The van der Waals surface area contributed by atoms with Crippen LogP contribution in [0.4, 0.5) is 18.0 Å². The van der Waals surface area contributed by atoms with Crippen molar-refractivity contribution in [3.05, 3.63) is 22.4 Å². The van der Waals surface area contributed by atoms with E-state index in [9.17, 15) is 22.8 Å². The lowest BCUT2D eigenvalue weighted by molar-refractivity contribution is -0.203. The molecule has 0 aliphatic carbocycles. The molecule has 1 aromatic heterocycles. The van der Waals surface area contributed by atoms with Crippen LogP contribution in [0.1, 0.15) is 12.5 Å². The van der Waals surface area contributed by atoms with Gasteiger partial charge in [-0.25, -0.2) is 9.59 Å². The number of hydrogen-bond donors (Lipinski definition) is 3. The number of thiophene rings is 1. The van der Waals surface area contributed by atoms with Crippen LogP contribution >= 0.6 is 11.3 Å². The van der Waals surface area contributed by atoms with Crippen molar-refractivity contribution >= 4 is 23.3 Å². The molecule has 1 unspecified atom stereocenters. The Labute approximate surface area is 116 Å². The molecule has 3 N–H and O–H groups in total. The van der Waals surface area contributed by atoms with Gasteiger partial charge in [0.05, 0.1) is 0 Å². The highest BCUT2D eigenvalue weighted by molar-refractivity contribution is 7.07. The number of hydrogen-bond acceptors (Lipinski definition) is 3. The molecule has 2 amide bonds. The molecular formula is C11H13F3N2O3S. The number of rotatable bonds is 5. The fourth-order valence-electron chi connectivity index (χ4n) is 1.27. The van der Waals surface area contributed by atoms with Crippen molar-refractivity contribution in [2.24, 2.45) is 0 Å². The zero-order valence-electron chi connectivity index (χ0n) is 10.5. The molecule has 0 aliphatic heterocycles. The van der Waals surface area contributed by atoms with Gasteiger partial charge in [0.1, 0.15) is 0 Å². The number of aliphatic carboxylic acids is 1. The van der Waals surface area contributed by atoms with Gasteiger partial charge in [0.2, 0.25) is 5.54 Å². The van der Waals surface area contributed by atoms with E-state index in [0.29, 0.717) is 13.3 Å². The summed E-state index contributed by atoms with van der Waals surface area (Å²) < 4.78 is 37.9. The molecule has 0 radical (unpaired) electrons. The third kappa shape index (κ3) is 3.86. The van der Waals surface area contributed by atoms with Gasteiger partial charge in [-0.3, -0.25) is 0 Å². The fraction of sp³-hybridized carbons (Fsp3) is 0.455. The van der Waals surface area contributed by atoms with Crippen LogP contribution in [0, 0.1) is 0 Å². The lowest BCUT2D eigenvalue weighted by Gasteiger charge is -2.28. The van der Waals surface area contributed by atoms with Crippen LogP contribution < -0.4 is 10.6 Å². The van der Waals surface area contributed by atoms with Crippen LogP contribution in [-0.4, -0.2) is 35.4 Å². The first-order valence-corrected chi connectivity index (χ1v) is 6.48. The van der Waals surface area contributed by atoms with Gasteiger partial charge in [0.15, 0.2) is 0 Å². The minimum atomic E-state index is -5.09. The summed E-state index contributed by atoms with van der Waals surface area (Å²) >= 11 is 1.46. The quantitative estimate of drug-likeness (QED) is 0.778. The second kappa shape index (κ2) is 6.12. The third-order valence-electron chi connectivity index (χ3n) is 2.64. The standard InChI is InChI=1S/C11H13F3N2O3S/c1-10(8(17)18,11(12,13)14)16-9(19)15-4-2-7-3-5-20-6-7/h3,5-6H,2,4H2,1H3,(H,17,18)(H2,15,16,19). The average molecular weight is 310 g/mol. The summed E-state index contributed by atoms with van der Waals surface area (Å²) in [6.45, 7) is 0.504. The van der Waals surface area contributed by atoms with E-state index in [1.807, 2.05) is 16.8 Å². The summed E-state index contributed by atoms with van der Waals surface area (Å²) in [5, 5.41) is 15.9. The van der Waals surface area contributed by atoms with E-state index in [4.69, 9.17) is 5.11 Å². The Balaban J connectivity index is 2.53. The number of alkyl halides is 3. The van der Waals surface area contributed by atoms with Gasteiger partial charge in [-0.2, -0.15) is 24.5 Å². The summed E-state index contributed by atoms with van der Waals surface area (Å²) in [7, 11) is 0. The lowest BCUT2D eigenvalue weighted by atomic mass is 10.0. The third-order valence-corrected chi connectivity index (χ3v) is 3.37. The second-order valence-electron chi connectivity index (χ2n) is 4.19. The Morgan fingerprint density at radius 1 is 1.40 bits per heavy atom. The maximum atomic E-state index is 12.6. The molecule has 0 spiro atoms. The fourth-order valence-corrected chi connectivity index (χ4v) is 1.98. The molecule has 20 heavy (non-hydrogen) atoms. The van der Waals surface area contributed by atoms with Crippen molar-refractivity contribution in [2.75, 3.05) is 6.54 Å². The van der Waals surface area contributed by atoms with E-state index < -0.39 is 23.7 Å². The molecule has 1 heterocycles. The lowest BCUT2D eigenvalue weighted by Crippen LogP contribution is -2.63. The van der Waals surface area contributed by atoms with E-state index in [2.05, 4.69) is 5.32 Å². The maximum Gasteiger partial charge on any atom is 0.422 e. The van der Waals surface area contributed by atoms with E-state index in [-0.39, 0.29) is 6.54 Å². The Kier molecular flexibility index (Phi) is 4.98. The number of carbonyl (C=O) groups excluding carboxylic acids is 1. The number of halogens is 3. The van der Waals surface area contributed by atoms with Crippen LogP contribution in [-0.2, 0) is 11.2 Å². The molecular weight excluding hydrogens is 297 g/mol. The minimum absolute atomic E-state index is 0.107. The van der Waals surface area contributed by atoms with E-state index in [0.717, 1.165) is 5.56 Å². The normalized spacial score (nSPS) is 14.4. The van der Waals surface area contributed by atoms with E-state index in [1.165, 1.54) is 16.7 Å². The Hall–Kier alpha value is -1.77. The molecule has 0 saturated heterocycles. The monoisotopic (exact) mass is 310 g/mol. The smallest absolute Gasteiger partial charge is 0.422 e. The molecule has 5 nitrogen and oxygen atoms in total. The predicted molar refractivity (Wildman–Crippen MR) is 66.7 cm³/mol. The highest BCUT2D eigenvalue weighted by atomic mass is 32.1. The molecule has 1 rings (SSSR count). The van der Waals surface area contributed by atoms with Gasteiger partial charge in [-0.05, 0) is 35.7 Å². The first kappa shape index (κ1) is 16.3. The van der Waals surface area contributed by atoms with Crippen LogP contribution in [0.3, 0.4) is 0 Å². The van der Waals surface area contributed by atoms with Crippen molar-refractivity contribution in [3.8, 4) is 0 Å². The molecule has 0 aliphatic rings. The van der Waals surface area contributed by atoms with Crippen LogP contribution in [0.2, 0.25) is 0 Å². The van der Waals surface area contributed by atoms with Gasteiger partial charge in [-0.1, -0.05) is 0 Å². The molecule has 9 heteroatoms. The summed E-state index contributed by atoms with van der Waals surface area (Å²) in [5.74, 6) is -2.17. The van der Waals surface area contributed by atoms with Gasteiger partial charge in [-0.15, -0.1) is 0 Å². The number of carboxylic acid groups (broad SMARTS) is 1. The molecule has 1 aromatic rings. The van der Waals surface area contributed by atoms with Gasteiger partial charge >= 0.3 is 18.2 Å². The Morgan fingerprint density at radius 3 is 2.50 bits per heavy atom. The number of amides is 2. The SMILES string of the molecule is CC(NC(=O)NCCc1ccsc1)(C(=O)O)C(F)(F)F. The van der Waals surface area contributed by atoms with Crippen molar-refractivity contribution in [3.63, 3.8) is 0 Å². The second-order valence-corrected chi connectivity index (χ2v) is 4.97. The predicted octanol–water partition coefficient (Wildman–Crippen LogP) is 2.00. The number of nitrogens with one attached hydrogen (secondary N) is 2. The zero-order valence-corrected chi connectivity index (χ0v) is 11.3. The van der Waals surface area contributed by atoms with Crippen molar-refractivity contribution in [2.45, 2.75) is 25.1 Å². The van der Waals surface area contributed by atoms with Crippen LogP contribution in [0.25, 0.3) is 0 Å². The molecule has 1 atom stereocenters. The highest BCUT2D eigenvalue weighted by Gasteiger charge is 2.58. The molecule has 0 saturated carbocycles. The van der Waals surface area contributed by atoms with Gasteiger partial charge < -0.3 is 15.7 Å². The summed E-state index contributed by atoms with van der Waals surface area (Å²) in [6.07, 6.45) is -4.64. The van der Waals surface area contributed by atoms with E-state index in [1.54, 1.807) is 0 Å². The highest BCUT2D eigenvalue weighted by Crippen LogP contribution is 2.30. The first-order valence-electron chi connectivity index (χ1n) is 5.54. The van der Waals surface area contributed by atoms with Gasteiger partial charge in [0, 0.05) is 6.54 Å². The minimum Gasteiger partial charge on any atom is -0.479 e. The Morgan fingerprint density at radius 2 is 2.05 bits per heavy atom. The summed E-state index contributed by atoms with van der Waals surface area (Å²) in [5.41, 5.74) is -2.38. The molecule has 0 aromatic carbocycles. The van der Waals surface area contributed by atoms with Crippen molar-refractivity contribution in [1.29, 1.82) is 0 Å². The average Bonchev–Trinajstić information content (AvgIpc) is 2.80. The van der Waals surface area contributed by atoms with Crippen LogP contribution in [0.15, 0.2) is 16.8 Å². The van der Waals surface area contributed by atoms with E-state index >= 15 is 0 Å². The molecule has 0 bridgehead atoms. The molecule has 0 fully saturated rings. The summed E-state index contributed by atoms with van der Waals surface area (Å²) in [6, 6.07) is 0.642. The Bertz CT molecular complexity index is 476. The number of carbonyl (C=O) groups is 2. The largest absolute Gasteiger partial charge is 0.479 e. The van der Waals surface area contributed by atoms with Gasteiger partial charge in [0.25, 0.3) is 0 Å². The molecule has 112 valence electrons. The summed E-state index contributed by atoms with van der Waals surface area (Å²) in [4.78, 5) is 22.1.